The fourth-order valence-corrected chi connectivity index (χ4v) is 1.90. The Bertz CT molecular complexity index is 429. The molecule has 0 radical (unpaired) electrons. The number of allylic oxidation sites excluding steroid dienone is 1. The molecule has 1 aliphatic heterocycles. The normalized spacial score (nSPS) is 17.9. The second kappa shape index (κ2) is 8.41. The van der Waals surface area contributed by atoms with Gasteiger partial charge in [-0.15, -0.1) is 0 Å². The minimum atomic E-state index is -0.726. The molecule has 1 aliphatic rings. The number of nitrogens with zero attached hydrogens (tertiary/aromatic N) is 1. The monoisotopic (exact) mass is 298 g/mol. The van der Waals surface area contributed by atoms with Gasteiger partial charge in [-0.2, -0.15) is 0 Å². The van der Waals surface area contributed by atoms with Gasteiger partial charge in [0.15, 0.2) is 0 Å². The number of rotatable bonds is 5. The molecule has 0 spiro atoms. The van der Waals surface area contributed by atoms with E-state index in [1.165, 1.54) is 11.0 Å². The van der Waals surface area contributed by atoms with Crippen LogP contribution in [-0.4, -0.2) is 61.6 Å². The van der Waals surface area contributed by atoms with E-state index >= 15 is 0 Å². The summed E-state index contributed by atoms with van der Waals surface area (Å²) in [6.45, 7) is 6.22. The van der Waals surface area contributed by atoms with Gasteiger partial charge in [0, 0.05) is 12.6 Å². The van der Waals surface area contributed by atoms with Gasteiger partial charge in [-0.1, -0.05) is 5.57 Å². The quantitative estimate of drug-likeness (QED) is 0.564. The Morgan fingerprint density at radius 2 is 2.10 bits per heavy atom. The van der Waals surface area contributed by atoms with Crippen molar-refractivity contribution in [2.75, 3.05) is 32.9 Å². The van der Waals surface area contributed by atoms with Gasteiger partial charge in [-0.3, -0.25) is 14.4 Å². The minimum absolute atomic E-state index is 0.122. The van der Waals surface area contributed by atoms with E-state index in [1.807, 2.05) is 13.8 Å². The molecule has 0 aromatic carbocycles. The zero-order chi connectivity index (χ0) is 15.8. The molecule has 0 aromatic heterocycles. The van der Waals surface area contributed by atoms with Gasteiger partial charge >= 0.3 is 5.97 Å². The van der Waals surface area contributed by atoms with Crippen molar-refractivity contribution in [3.63, 3.8) is 0 Å². The SMILES string of the molecule is CCOC(=O)CNC(=O)C1COCCN1C(=O)C=C(C)C. The van der Waals surface area contributed by atoms with Crippen molar-refractivity contribution in [1.82, 2.24) is 10.2 Å². The lowest BCUT2D eigenvalue weighted by Crippen LogP contribution is -2.56. The molecule has 21 heavy (non-hydrogen) atoms. The van der Waals surface area contributed by atoms with Crippen molar-refractivity contribution in [2.24, 2.45) is 0 Å². The lowest BCUT2D eigenvalue weighted by atomic mass is 10.2. The Kier molecular flexibility index (Phi) is 6.87. The van der Waals surface area contributed by atoms with E-state index in [0.717, 1.165) is 5.57 Å². The van der Waals surface area contributed by atoms with E-state index < -0.39 is 17.9 Å². The van der Waals surface area contributed by atoms with Crippen LogP contribution in [0.25, 0.3) is 0 Å². The fourth-order valence-electron chi connectivity index (χ4n) is 1.90. The zero-order valence-corrected chi connectivity index (χ0v) is 12.7. The van der Waals surface area contributed by atoms with Crippen LogP contribution in [0.1, 0.15) is 20.8 Å². The number of hydrogen-bond acceptors (Lipinski definition) is 5. The van der Waals surface area contributed by atoms with Crippen molar-refractivity contribution >= 4 is 17.8 Å². The first-order chi connectivity index (χ1) is 9.95. The summed E-state index contributed by atoms with van der Waals surface area (Å²) < 4.78 is 9.98. The van der Waals surface area contributed by atoms with Gasteiger partial charge in [0.1, 0.15) is 12.6 Å². The summed E-state index contributed by atoms with van der Waals surface area (Å²) in [7, 11) is 0. The largest absolute Gasteiger partial charge is 0.465 e. The molecular formula is C14H22N2O5. The molecule has 1 saturated heterocycles. The van der Waals surface area contributed by atoms with Crippen LogP contribution in [0, 0.1) is 0 Å². The highest BCUT2D eigenvalue weighted by molar-refractivity contribution is 5.94. The molecule has 1 N–H and O–H groups in total. The molecule has 1 rings (SSSR count). The molecule has 1 heterocycles. The molecule has 118 valence electrons. The predicted molar refractivity (Wildman–Crippen MR) is 75.4 cm³/mol. The number of ether oxygens (including phenoxy) is 2. The fraction of sp³-hybridized carbons (Fsp3) is 0.643. The molecule has 1 atom stereocenters. The number of morpholine rings is 1. The van der Waals surface area contributed by atoms with Gasteiger partial charge in [0.05, 0.1) is 19.8 Å². The molecule has 0 bridgehead atoms. The molecule has 7 nitrogen and oxygen atoms in total. The zero-order valence-electron chi connectivity index (χ0n) is 12.7. The summed E-state index contributed by atoms with van der Waals surface area (Å²) in [5.41, 5.74) is 0.858. The highest BCUT2D eigenvalue weighted by atomic mass is 16.5. The van der Waals surface area contributed by atoms with Gasteiger partial charge in [0.25, 0.3) is 0 Å². The maximum Gasteiger partial charge on any atom is 0.325 e. The van der Waals surface area contributed by atoms with E-state index in [4.69, 9.17) is 9.47 Å². The molecule has 7 heteroatoms. The molecule has 1 unspecified atom stereocenters. The Labute approximate surface area is 124 Å². The van der Waals surface area contributed by atoms with Crippen molar-refractivity contribution < 1.29 is 23.9 Å². The van der Waals surface area contributed by atoms with Gasteiger partial charge in [-0.25, -0.2) is 0 Å². The summed E-state index contributed by atoms with van der Waals surface area (Å²) in [5, 5.41) is 2.47. The number of carbonyl (C=O) groups is 3. The second-order valence-electron chi connectivity index (χ2n) is 4.87. The van der Waals surface area contributed by atoms with Gasteiger partial charge in [0.2, 0.25) is 11.8 Å². The molecule has 0 saturated carbocycles. The number of carbonyl (C=O) groups excluding carboxylic acids is 3. The van der Waals surface area contributed by atoms with Crippen LogP contribution in [0.3, 0.4) is 0 Å². The summed E-state index contributed by atoms with van der Waals surface area (Å²) in [5.74, 6) is -1.16. The van der Waals surface area contributed by atoms with Gasteiger partial charge in [-0.05, 0) is 20.8 Å². The van der Waals surface area contributed by atoms with Crippen molar-refractivity contribution in [3.8, 4) is 0 Å². The van der Waals surface area contributed by atoms with Crippen molar-refractivity contribution in [2.45, 2.75) is 26.8 Å². The third-order valence-corrected chi connectivity index (χ3v) is 2.84. The lowest BCUT2D eigenvalue weighted by molar-refractivity contribution is -0.148. The number of amides is 2. The average molecular weight is 298 g/mol. The maximum absolute atomic E-state index is 12.1. The Balaban J connectivity index is 2.64. The highest BCUT2D eigenvalue weighted by Crippen LogP contribution is 2.09. The average Bonchev–Trinajstić information content (AvgIpc) is 2.44. The van der Waals surface area contributed by atoms with Crippen LogP contribution in [0.15, 0.2) is 11.6 Å². The maximum atomic E-state index is 12.1. The van der Waals surface area contributed by atoms with Crippen molar-refractivity contribution in [1.29, 1.82) is 0 Å². The van der Waals surface area contributed by atoms with Gasteiger partial charge < -0.3 is 19.7 Å². The van der Waals surface area contributed by atoms with Crippen molar-refractivity contribution in [3.05, 3.63) is 11.6 Å². The van der Waals surface area contributed by atoms with Crippen LogP contribution in [0.5, 0.6) is 0 Å². The molecule has 2 amide bonds. The summed E-state index contributed by atoms with van der Waals surface area (Å²) in [4.78, 5) is 36.9. The Morgan fingerprint density at radius 1 is 1.38 bits per heavy atom. The Morgan fingerprint density at radius 3 is 2.71 bits per heavy atom. The van der Waals surface area contributed by atoms with Crippen LogP contribution >= 0.6 is 0 Å². The van der Waals surface area contributed by atoms with E-state index in [0.29, 0.717) is 13.2 Å². The number of nitrogens with one attached hydrogen (secondary N) is 1. The van der Waals surface area contributed by atoms with Crippen LogP contribution < -0.4 is 5.32 Å². The minimum Gasteiger partial charge on any atom is -0.465 e. The summed E-state index contributed by atoms with van der Waals surface area (Å²) in [6.07, 6.45) is 1.48. The van der Waals surface area contributed by atoms with E-state index in [9.17, 15) is 14.4 Å². The van der Waals surface area contributed by atoms with E-state index in [1.54, 1.807) is 6.92 Å². The van der Waals surface area contributed by atoms with E-state index in [2.05, 4.69) is 5.32 Å². The summed E-state index contributed by atoms with van der Waals surface area (Å²) >= 11 is 0. The molecular weight excluding hydrogens is 276 g/mol. The second-order valence-corrected chi connectivity index (χ2v) is 4.87. The number of hydrogen-bond donors (Lipinski definition) is 1. The molecule has 0 aromatic rings. The number of esters is 1. The first-order valence-corrected chi connectivity index (χ1v) is 6.92. The third kappa shape index (κ3) is 5.55. The summed E-state index contributed by atoms with van der Waals surface area (Å²) in [6, 6.07) is -0.726. The Hall–Kier alpha value is -1.89. The first kappa shape index (κ1) is 17.2. The first-order valence-electron chi connectivity index (χ1n) is 6.92. The molecule has 1 fully saturated rings. The van der Waals surface area contributed by atoms with Crippen LogP contribution in [-0.2, 0) is 23.9 Å². The van der Waals surface area contributed by atoms with E-state index in [-0.39, 0.29) is 25.7 Å². The molecule has 0 aliphatic carbocycles. The predicted octanol–water partition coefficient (Wildman–Crippen LogP) is -0.141. The van der Waals surface area contributed by atoms with Crippen LogP contribution in [0.4, 0.5) is 0 Å². The lowest BCUT2D eigenvalue weighted by Gasteiger charge is -2.33. The standard InChI is InChI=1S/C14H22N2O5/c1-4-21-13(18)8-15-14(19)11-9-20-6-5-16(11)12(17)7-10(2)3/h7,11H,4-6,8-9H2,1-3H3,(H,15,19). The topological polar surface area (TPSA) is 84.9 Å². The van der Waals surface area contributed by atoms with Crippen LogP contribution in [0.2, 0.25) is 0 Å². The highest BCUT2D eigenvalue weighted by Gasteiger charge is 2.32. The third-order valence-electron chi connectivity index (χ3n) is 2.84. The smallest absolute Gasteiger partial charge is 0.325 e.